The van der Waals surface area contributed by atoms with E-state index in [4.69, 9.17) is 5.14 Å². The zero-order valence-electron chi connectivity index (χ0n) is 5.66. The molecule has 0 bridgehead atoms. The predicted octanol–water partition coefficient (Wildman–Crippen LogP) is 0.473. The largest absolute Gasteiger partial charge is 0.256 e. The van der Waals surface area contributed by atoms with Crippen LogP contribution in [-0.2, 0) is 10.0 Å². The van der Waals surface area contributed by atoms with Crippen LogP contribution in [0.5, 0.6) is 0 Å². The minimum absolute atomic E-state index is 0.302. The van der Waals surface area contributed by atoms with E-state index in [1.54, 1.807) is 22.6 Å². The molecule has 0 amide bonds. The molecular weight excluding hydrogens is 298 g/mol. The highest BCUT2D eigenvalue weighted by Crippen LogP contribution is 2.13. The van der Waals surface area contributed by atoms with Gasteiger partial charge in [-0.15, -0.1) is 0 Å². The first-order chi connectivity index (χ1) is 5.41. The SMILES string of the molecule is NS(=O)(=O)c1nc(F)ccc1I. The fraction of sp³-hybridized carbons (Fsp3) is 0. The van der Waals surface area contributed by atoms with Gasteiger partial charge in [-0.1, -0.05) is 0 Å². The highest BCUT2D eigenvalue weighted by atomic mass is 127. The number of nitrogens with zero attached hydrogens (tertiary/aromatic N) is 1. The lowest BCUT2D eigenvalue weighted by Gasteiger charge is -1.98. The molecule has 0 atom stereocenters. The van der Waals surface area contributed by atoms with E-state index in [9.17, 15) is 12.8 Å². The smallest absolute Gasteiger partial charge is 0.223 e. The van der Waals surface area contributed by atoms with E-state index >= 15 is 0 Å². The summed E-state index contributed by atoms with van der Waals surface area (Å²) in [5, 5.41) is 4.34. The third kappa shape index (κ3) is 2.11. The first kappa shape index (κ1) is 9.81. The lowest BCUT2D eigenvalue weighted by molar-refractivity contribution is 0.555. The van der Waals surface area contributed by atoms with Crippen LogP contribution >= 0.6 is 22.6 Å². The van der Waals surface area contributed by atoms with Crippen LogP contribution in [0.1, 0.15) is 0 Å². The Morgan fingerprint density at radius 3 is 2.50 bits per heavy atom. The Balaban J connectivity index is 3.43. The van der Waals surface area contributed by atoms with Crippen LogP contribution in [0, 0.1) is 9.52 Å². The molecule has 7 heteroatoms. The first-order valence-electron chi connectivity index (χ1n) is 2.76. The summed E-state index contributed by atoms with van der Waals surface area (Å²) in [4.78, 5) is 3.16. The Morgan fingerprint density at radius 2 is 2.08 bits per heavy atom. The number of nitrogens with two attached hydrogens (primary N) is 1. The fourth-order valence-corrected chi connectivity index (χ4v) is 2.38. The molecule has 2 N–H and O–H groups in total. The van der Waals surface area contributed by atoms with Crippen LogP contribution in [0.15, 0.2) is 17.2 Å². The van der Waals surface area contributed by atoms with Crippen LogP contribution in [0.25, 0.3) is 0 Å². The van der Waals surface area contributed by atoms with Gasteiger partial charge in [0.15, 0.2) is 5.03 Å². The minimum Gasteiger partial charge on any atom is -0.223 e. The van der Waals surface area contributed by atoms with Crippen LogP contribution in [0.3, 0.4) is 0 Å². The number of aromatic nitrogens is 1. The van der Waals surface area contributed by atoms with Gasteiger partial charge in [-0.2, -0.15) is 4.39 Å². The quantitative estimate of drug-likeness (QED) is 0.605. The summed E-state index contributed by atoms with van der Waals surface area (Å²) in [6.45, 7) is 0. The molecule has 1 rings (SSSR count). The first-order valence-corrected chi connectivity index (χ1v) is 5.38. The van der Waals surface area contributed by atoms with Crippen molar-refractivity contribution in [2.75, 3.05) is 0 Å². The number of sulfonamides is 1. The lowest BCUT2D eigenvalue weighted by Crippen LogP contribution is -2.16. The zero-order chi connectivity index (χ0) is 9.35. The molecule has 0 saturated carbocycles. The highest BCUT2D eigenvalue weighted by molar-refractivity contribution is 14.1. The molecule has 0 aromatic carbocycles. The normalized spacial score (nSPS) is 11.6. The highest BCUT2D eigenvalue weighted by Gasteiger charge is 2.14. The molecule has 0 spiro atoms. The van der Waals surface area contributed by atoms with Crippen molar-refractivity contribution >= 4 is 32.6 Å². The van der Waals surface area contributed by atoms with Gasteiger partial charge in [0.1, 0.15) is 0 Å². The molecule has 1 heterocycles. The van der Waals surface area contributed by atoms with Gasteiger partial charge in [0.25, 0.3) is 10.0 Å². The average Bonchev–Trinajstić information content (AvgIpc) is 1.92. The summed E-state index contributed by atoms with van der Waals surface area (Å²) in [6.07, 6.45) is 0. The molecule has 12 heavy (non-hydrogen) atoms. The van der Waals surface area contributed by atoms with Crippen molar-refractivity contribution in [1.29, 1.82) is 0 Å². The zero-order valence-corrected chi connectivity index (χ0v) is 8.63. The summed E-state index contributed by atoms with van der Waals surface area (Å²) in [5.41, 5.74) is 0. The molecule has 1 aromatic rings. The molecule has 0 unspecified atom stereocenters. The van der Waals surface area contributed by atoms with E-state index in [-0.39, 0.29) is 0 Å². The van der Waals surface area contributed by atoms with Crippen LogP contribution < -0.4 is 5.14 Å². The van der Waals surface area contributed by atoms with Crippen molar-refractivity contribution in [2.45, 2.75) is 5.03 Å². The molecular formula is C5H4FIN2O2S. The number of primary sulfonamides is 1. The molecule has 0 aliphatic carbocycles. The van der Waals surface area contributed by atoms with Crippen molar-refractivity contribution in [3.8, 4) is 0 Å². The number of hydrogen-bond donors (Lipinski definition) is 1. The molecule has 0 radical (unpaired) electrons. The predicted molar refractivity (Wildman–Crippen MR) is 48.3 cm³/mol. The Bertz CT molecular complexity index is 406. The van der Waals surface area contributed by atoms with Crippen LogP contribution in [0.4, 0.5) is 4.39 Å². The van der Waals surface area contributed by atoms with E-state index in [1.807, 2.05) is 0 Å². The van der Waals surface area contributed by atoms with Crippen LogP contribution in [0.2, 0.25) is 0 Å². The molecule has 0 aliphatic heterocycles. The van der Waals surface area contributed by atoms with Gasteiger partial charge in [0.05, 0.1) is 3.57 Å². The Morgan fingerprint density at radius 1 is 1.50 bits per heavy atom. The maximum Gasteiger partial charge on any atom is 0.256 e. The third-order valence-corrected chi connectivity index (χ3v) is 3.14. The van der Waals surface area contributed by atoms with E-state index in [0.29, 0.717) is 3.57 Å². The summed E-state index contributed by atoms with van der Waals surface area (Å²) >= 11 is 1.71. The van der Waals surface area contributed by atoms with Gasteiger partial charge in [0.2, 0.25) is 5.95 Å². The van der Waals surface area contributed by atoms with Crippen molar-refractivity contribution in [3.63, 3.8) is 0 Å². The van der Waals surface area contributed by atoms with E-state index in [1.165, 1.54) is 6.07 Å². The van der Waals surface area contributed by atoms with Crippen molar-refractivity contribution in [2.24, 2.45) is 5.14 Å². The Hall–Kier alpha value is -0.280. The molecule has 0 saturated heterocycles. The Labute approximate surface area is 82.2 Å². The van der Waals surface area contributed by atoms with Gasteiger partial charge < -0.3 is 0 Å². The van der Waals surface area contributed by atoms with Gasteiger partial charge >= 0.3 is 0 Å². The second kappa shape index (κ2) is 3.23. The molecule has 1 aromatic heterocycles. The van der Waals surface area contributed by atoms with Crippen molar-refractivity contribution in [1.82, 2.24) is 4.98 Å². The van der Waals surface area contributed by atoms with Gasteiger partial charge in [-0.05, 0) is 34.7 Å². The number of rotatable bonds is 1. The number of halogens is 2. The topological polar surface area (TPSA) is 73.1 Å². The second-order valence-corrected chi connectivity index (χ2v) is 4.60. The van der Waals surface area contributed by atoms with Crippen molar-refractivity contribution < 1.29 is 12.8 Å². The van der Waals surface area contributed by atoms with E-state index in [2.05, 4.69) is 4.98 Å². The van der Waals surface area contributed by atoms with Gasteiger partial charge in [-0.3, -0.25) is 0 Å². The van der Waals surface area contributed by atoms with E-state index in [0.717, 1.165) is 6.07 Å². The third-order valence-electron chi connectivity index (χ3n) is 1.05. The maximum absolute atomic E-state index is 12.4. The van der Waals surface area contributed by atoms with Crippen LogP contribution in [-0.4, -0.2) is 13.4 Å². The van der Waals surface area contributed by atoms with Gasteiger partial charge in [-0.25, -0.2) is 18.5 Å². The lowest BCUT2D eigenvalue weighted by atomic mass is 10.5. The van der Waals surface area contributed by atoms with E-state index < -0.39 is 21.0 Å². The standard InChI is InChI=1S/C5H4FIN2O2S/c6-4-2-1-3(7)5(9-4)12(8,10)11/h1-2H,(H2,8,10,11). The van der Waals surface area contributed by atoms with Crippen molar-refractivity contribution in [3.05, 3.63) is 21.7 Å². The second-order valence-electron chi connectivity index (χ2n) is 1.97. The Kier molecular flexibility index (Phi) is 2.64. The molecule has 4 nitrogen and oxygen atoms in total. The van der Waals surface area contributed by atoms with Gasteiger partial charge in [0, 0.05) is 0 Å². The summed E-state index contributed by atoms with van der Waals surface area (Å²) in [5.74, 6) is -0.862. The summed E-state index contributed by atoms with van der Waals surface area (Å²) in [7, 11) is -3.91. The summed E-state index contributed by atoms with van der Waals surface area (Å²) in [6, 6.07) is 2.36. The molecule has 0 fully saturated rings. The average molecular weight is 302 g/mol. The maximum atomic E-state index is 12.4. The minimum atomic E-state index is -3.91. The number of pyridine rings is 1. The summed E-state index contributed by atoms with van der Waals surface area (Å²) < 4.78 is 34.2. The monoisotopic (exact) mass is 302 g/mol. The fourth-order valence-electron chi connectivity index (χ4n) is 0.600. The molecule has 66 valence electrons. The molecule has 0 aliphatic rings. The number of hydrogen-bond acceptors (Lipinski definition) is 3.